The first kappa shape index (κ1) is 17.5. The maximum atomic E-state index is 11.7. The zero-order chi connectivity index (χ0) is 18.4. The van der Waals surface area contributed by atoms with Crippen molar-refractivity contribution < 1.29 is 23.5 Å². The Morgan fingerprint density at radius 2 is 1.88 bits per heavy atom. The molecule has 0 radical (unpaired) electrons. The van der Waals surface area contributed by atoms with Crippen LogP contribution >= 0.6 is 0 Å². The van der Waals surface area contributed by atoms with Crippen LogP contribution in [0.5, 0.6) is 11.5 Å². The molecule has 0 amide bonds. The Hall–Kier alpha value is -3.28. The first-order valence-electron chi connectivity index (χ1n) is 8.19. The van der Waals surface area contributed by atoms with E-state index in [9.17, 15) is 4.79 Å². The van der Waals surface area contributed by atoms with Gasteiger partial charge in [0.15, 0.2) is 11.5 Å². The summed E-state index contributed by atoms with van der Waals surface area (Å²) in [6.45, 7) is 2.43. The molecule has 0 fully saturated rings. The van der Waals surface area contributed by atoms with E-state index in [1.54, 1.807) is 20.1 Å². The van der Waals surface area contributed by atoms with Crippen LogP contribution in [0.25, 0.3) is 11.3 Å². The van der Waals surface area contributed by atoms with Crippen molar-refractivity contribution in [3.8, 4) is 22.8 Å². The Morgan fingerprint density at radius 1 is 1.08 bits per heavy atom. The third kappa shape index (κ3) is 4.22. The topological polar surface area (TPSA) is 70.8 Å². The minimum atomic E-state index is -0.507. The fraction of sp³-hybridized carbons (Fsp3) is 0.200. The minimum Gasteiger partial charge on any atom is -0.497 e. The van der Waals surface area contributed by atoms with E-state index in [4.69, 9.17) is 18.7 Å². The van der Waals surface area contributed by atoms with Crippen LogP contribution in [0.3, 0.4) is 0 Å². The van der Waals surface area contributed by atoms with E-state index in [1.807, 2.05) is 48.5 Å². The number of methoxy groups -OCH3 is 1. The highest BCUT2D eigenvalue weighted by atomic mass is 16.5. The highest BCUT2D eigenvalue weighted by Crippen LogP contribution is 2.25. The standard InChI is InChI=1S/C20H19NO5/c1-3-24-20(22)18-12-19(26-21-18)15-7-5-9-17(11-15)25-13-14-6-4-8-16(10-14)23-2/h4-12H,3,13H2,1-2H3. The summed E-state index contributed by atoms with van der Waals surface area (Å²) in [6.07, 6.45) is 0. The molecule has 0 aliphatic carbocycles. The van der Waals surface area contributed by atoms with Gasteiger partial charge in [0.05, 0.1) is 13.7 Å². The van der Waals surface area contributed by atoms with E-state index in [1.165, 1.54) is 0 Å². The third-order valence-electron chi connectivity index (χ3n) is 3.65. The molecule has 2 aromatic carbocycles. The van der Waals surface area contributed by atoms with Crippen LogP contribution in [0.15, 0.2) is 59.1 Å². The maximum absolute atomic E-state index is 11.7. The van der Waals surface area contributed by atoms with E-state index < -0.39 is 5.97 Å². The van der Waals surface area contributed by atoms with E-state index in [0.29, 0.717) is 18.1 Å². The van der Waals surface area contributed by atoms with Crippen LogP contribution in [-0.4, -0.2) is 24.8 Å². The summed E-state index contributed by atoms with van der Waals surface area (Å²) >= 11 is 0. The van der Waals surface area contributed by atoms with Crippen molar-refractivity contribution >= 4 is 5.97 Å². The van der Waals surface area contributed by atoms with Crippen LogP contribution in [-0.2, 0) is 11.3 Å². The van der Waals surface area contributed by atoms with Crippen molar-refractivity contribution in [2.75, 3.05) is 13.7 Å². The average molecular weight is 353 g/mol. The molecule has 0 aliphatic rings. The normalized spacial score (nSPS) is 10.4. The Morgan fingerprint density at radius 3 is 2.69 bits per heavy atom. The lowest BCUT2D eigenvalue weighted by atomic mass is 10.1. The number of carbonyl (C=O) groups is 1. The van der Waals surface area contributed by atoms with Crippen LogP contribution < -0.4 is 9.47 Å². The molecule has 6 heteroatoms. The van der Waals surface area contributed by atoms with Crippen molar-refractivity contribution in [3.05, 3.63) is 65.9 Å². The quantitative estimate of drug-likeness (QED) is 0.596. The van der Waals surface area contributed by atoms with Crippen LogP contribution in [0.4, 0.5) is 0 Å². The minimum absolute atomic E-state index is 0.143. The summed E-state index contributed by atoms with van der Waals surface area (Å²) in [5.74, 6) is 1.43. The molecular formula is C20H19NO5. The predicted molar refractivity (Wildman–Crippen MR) is 95.2 cm³/mol. The zero-order valence-corrected chi connectivity index (χ0v) is 14.6. The van der Waals surface area contributed by atoms with Gasteiger partial charge in [-0.3, -0.25) is 0 Å². The lowest BCUT2D eigenvalue weighted by Crippen LogP contribution is -2.04. The van der Waals surface area contributed by atoms with Crippen molar-refractivity contribution in [2.24, 2.45) is 0 Å². The molecule has 0 spiro atoms. The van der Waals surface area contributed by atoms with Gasteiger partial charge in [0, 0.05) is 11.6 Å². The molecule has 0 saturated carbocycles. The molecule has 134 valence electrons. The number of aromatic nitrogens is 1. The van der Waals surface area contributed by atoms with Gasteiger partial charge in [-0.05, 0) is 36.8 Å². The molecule has 0 bridgehead atoms. The number of hydrogen-bond donors (Lipinski definition) is 0. The molecule has 1 heterocycles. The number of benzene rings is 2. The molecular weight excluding hydrogens is 334 g/mol. The Labute approximate surface area is 151 Å². The smallest absolute Gasteiger partial charge is 0.360 e. The second-order valence-corrected chi connectivity index (χ2v) is 5.46. The maximum Gasteiger partial charge on any atom is 0.360 e. The van der Waals surface area contributed by atoms with Crippen molar-refractivity contribution in [3.63, 3.8) is 0 Å². The molecule has 0 atom stereocenters. The van der Waals surface area contributed by atoms with Crippen LogP contribution in [0.2, 0.25) is 0 Å². The monoisotopic (exact) mass is 353 g/mol. The SMILES string of the molecule is CCOC(=O)c1cc(-c2cccc(OCc3cccc(OC)c3)c2)on1. The van der Waals surface area contributed by atoms with Gasteiger partial charge in [0.2, 0.25) is 0 Å². The molecule has 1 aromatic heterocycles. The van der Waals surface area contributed by atoms with Crippen molar-refractivity contribution in [2.45, 2.75) is 13.5 Å². The van der Waals surface area contributed by atoms with Gasteiger partial charge in [-0.2, -0.15) is 0 Å². The van der Waals surface area contributed by atoms with Crippen LogP contribution in [0, 0.1) is 0 Å². The summed E-state index contributed by atoms with van der Waals surface area (Å²) in [7, 11) is 1.63. The Balaban J connectivity index is 1.71. The lowest BCUT2D eigenvalue weighted by molar-refractivity contribution is 0.0514. The summed E-state index contributed by atoms with van der Waals surface area (Å²) in [5, 5.41) is 3.75. The number of rotatable bonds is 7. The third-order valence-corrected chi connectivity index (χ3v) is 3.65. The number of hydrogen-bond acceptors (Lipinski definition) is 6. The predicted octanol–water partition coefficient (Wildman–Crippen LogP) is 4.11. The molecule has 0 aliphatic heterocycles. The second kappa shape index (κ2) is 8.20. The first-order valence-corrected chi connectivity index (χ1v) is 8.19. The van der Waals surface area contributed by atoms with E-state index in [0.717, 1.165) is 16.9 Å². The fourth-order valence-corrected chi connectivity index (χ4v) is 2.38. The van der Waals surface area contributed by atoms with Crippen molar-refractivity contribution in [1.82, 2.24) is 5.16 Å². The fourth-order valence-electron chi connectivity index (χ4n) is 2.38. The number of carbonyl (C=O) groups excluding carboxylic acids is 1. The highest BCUT2D eigenvalue weighted by Gasteiger charge is 2.14. The van der Waals surface area contributed by atoms with Gasteiger partial charge in [-0.25, -0.2) is 4.79 Å². The second-order valence-electron chi connectivity index (χ2n) is 5.46. The van der Waals surface area contributed by atoms with Gasteiger partial charge in [-0.1, -0.05) is 29.4 Å². The Bertz CT molecular complexity index is 887. The van der Waals surface area contributed by atoms with Gasteiger partial charge >= 0.3 is 5.97 Å². The molecule has 6 nitrogen and oxygen atoms in total. The summed E-state index contributed by atoms with van der Waals surface area (Å²) < 4.78 is 21.2. The number of nitrogens with zero attached hydrogens (tertiary/aromatic N) is 1. The van der Waals surface area contributed by atoms with E-state index in [-0.39, 0.29) is 12.3 Å². The molecule has 0 N–H and O–H groups in total. The van der Waals surface area contributed by atoms with Crippen LogP contribution in [0.1, 0.15) is 23.0 Å². The molecule has 26 heavy (non-hydrogen) atoms. The van der Waals surface area contributed by atoms with Gasteiger partial charge in [0.1, 0.15) is 18.1 Å². The number of ether oxygens (including phenoxy) is 3. The van der Waals surface area contributed by atoms with E-state index in [2.05, 4.69) is 5.16 Å². The summed E-state index contributed by atoms with van der Waals surface area (Å²) in [5.41, 5.74) is 1.90. The van der Waals surface area contributed by atoms with Gasteiger partial charge < -0.3 is 18.7 Å². The lowest BCUT2D eigenvalue weighted by Gasteiger charge is -2.08. The summed E-state index contributed by atoms with van der Waals surface area (Å²) in [4.78, 5) is 11.7. The van der Waals surface area contributed by atoms with E-state index >= 15 is 0 Å². The molecule has 3 rings (SSSR count). The number of esters is 1. The highest BCUT2D eigenvalue weighted by molar-refractivity contribution is 5.88. The Kier molecular flexibility index (Phi) is 5.53. The molecule has 3 aromatic rings. The molecule has 0 saturated heterocycles. The molecule has 0 unspecified atom stereocenters. The van der Waals surface area contributed by atoms with Gasteiger partial charge in [-0.15, -0.1) is 0 Å². The summed E-state index contributed by atoms with van der Waals surface area (Å²) in [6, 6.07) is 16.6. The largest absolute Gasteiger partial charge is 0.497 e. The zero-order valence-electron chi connectivity index (χ0n) is 14.6. The average Bonchev–Trinajstić information content (AvgIpc) is 3.17. The van der Waals surface area contributed by atoms with Gasteiger partial charge in [0.25, 0.3) is 0 Å². The first-order chi connectivity index (χ1) is 12.7. The van der Waals surface area contributed by atoms with Crippen molar-refractivity contribution in [1.29, 1.82) is 0 Å².